The first-order valence-corrected chi connectivity index (χ1v) is 14.0. The SMILES string of the molecule is O=C(Nc1ccc(N2CCN(Cc3ccccc3)CC2)c(C(=O)NC2CCCCC2)c1)c1ccc(Cl)cc1. The number of halogens is 1. The van der Waals surface area contributed by atoms with Crippen molar-refractivity contribution < 1.29 is 9.59 Å². The molecule has 0 spiro atoms. The molecule has 2 aliphatic rings. The summed E-state index contributed by atoms with van der Waals surface area (Å²) >= 11 is 5.97. The van der Waals surface area contributed by atoms with Gasteiger partial charge in [0.2, 0.25) is 0 Å². The first-order valence-electron chi connectivity index (χ1n) is 13.6. The maximum Gasteiger partial charge on any atom is 0.255 e. The summed E-state index contributed by atoms with van der Waals surface area (Å²) < 4.78 is 0. The van der Waals surface area contributed by atoms with Crippen LogP contribution in [0.5, 0.6) is 0 Å². The predicted octanol–water partition coefficient (Wildman–Crippen LogP) is 5.98. The maximum atomic E-state index is 13.6. The molecule has 1 saturated carbocycles. The Hall–Kier alpha value is -3.35. The van der Waals surface area contributed by atoms with Crippen molar-refractivity contribution in [1.82, 2.24) is 10.2 Å². The maximum absolute atomic E-state index is 13.6. The van der Waals surface area contributed by atoms with Crippen molar-refractivity contribution in [2.75, 3.05) is 36.4 Å². The summed E-state index contributed by atoms with van der Waals surface area (Å²) in [7, 11) is 0. The number of nitrogens with one attached hydrogen (secondary N) is 2. The van der Waals surface area contributed by atoms with E-state index in [1.54, 1.807) is 24.3 Å². The fraction of sp³-hybridized carbons (Fsp3) is 0.355. The molecule has 2 amide bonds. The van der Waals surface area contributed by atoms with Gasteiger partial charge in [0.05, 0.1) is 5.56 Å². The number of amides is 2. The molecule has 6 nitrogen and oxygen atoms in total. The van der Waals surface area contributed by atoms with Gasteiger partial charge in [0.25, 0.3) is 11.8 Å². The molecule has 2 fully saturated rings. The smallest absolute Gasteiger partial charge is 0.255 e. The van der Waals surface area contributed by atoms with E-state index in [2.05, 4.69) is 44.7 Å². The van der Waals surface area contributed by atoms with Crippen LogP contribution >= 0.6 is 11.6 Å². The molecular weight excluding hydrogens is 496 g/mol. The van der Waals surface area contributed by atoms with E-state index >= 15 is 0 Å². The molecule has 0 atom stereocenters. The van der Waals surface area contributed by atoms with Gasteiger partial charge in [-0.15, -0.1) is 0 Å². The monoisotopic (exact) mass is 530 g/mol. The summed E-state index contributed by atoms with van der Waals surface area (Å²) in [6, 6.07) is 23.2. The second kappa shape index (κ2) is 12.5. The number of hydrogen-bond donors (Lipinski definition) is 2. The van der Waals surface area contributed by atoms with E-state index < -0.39 is 0 Å². The van der Waals surface area contributed by atoms with Crippen LogP contribution in [0.25, 0.3) is 0 Å². The van der Waals surface area contributed by atoms with Crippen molar-refractivity contribution in [1.29, 1.82) is 0 Å². The molecule has 7 heteroatoms. The second-order valence-corrected chi connectivity index (χ2v) is 10.7. The zero-order chi connectivity index (χ0) is 26.3. The number of hydrogen-bond acceptors (Lipinski definition) is 4. The Kier molecular flexibility index (Phi) is 8.61. The fourth-order valence-electron chi connectivity index (χ4n) is 5.37. The van der Waals surface area contributed by atoms with Crippen LogP contribution in [-0.4, -0.2) is 48.9 Å². The molecule has 3 aromatic rings. The van der Waals surface area contributed by atoms with Crippen molar-refractivity contribution in [3.05, 3.63) is 94.5 Å². The lowest BCUT2D eigenvalue weighted by molar-refractivity contribution is 0.0927. The third-order valence-electron chi connectivity index (χ3n) is 7.51. The molecular formula is C31H35ClN4O2. The fourth-order valence-corrected chi connectivity index (χ4v) is 5.50. The van der Waals surface area contributed by atoms with Crippen molar-refractivity contribution in [3.63, 3.8) is 0 Å². The molecule has 198 valence electrons. The summed E-state index contributed by atoms with van der Waals surface area (Å²) in [5.74, 6) is -0.302. The lowest BCUT2D eigenvalue weighted by Crippen LogP contribution is -2.46. The van der Waals surface area contributed by atoms with E-state index in [9.17, 15) is 9.59 Å². The number of piperazine rings is 1. The van der Waals surface area contributed by atoms with Crippen LogP contribution in [0.3, 0.4) is 0 Å². The number of anilines is 2. The molecule has 1 aliphatic carbocycles. The van der Waals surface area contributed by atoms with Gasteiger partial charge in [0.15, 0.2) is 0 Å². The molecule has 38 heavy (non-hydrogen) atoms. The average molecular weight is 531 g/mol. The number of nitrogens with zero attached hydrogens (tertiary/aromatic N) is 2. The molecule has 0 aromatic heterocycles. The molecule has 5 rings (SSSR count). The Morgan fingerprint density at radius 1 is 0.816 bits per heavy atom. The topological polar surface area (TPSA) is 64.7 Å². The Morgan fingerprint density at radius 3 is 2.24 bits per heavy atom. The molecule has 0 bridgehead atoms. The minimum absolute atomic E-state index is 0.0683. The predicted molar refractivity (Wildman–Crippen MR) is 154 cm³/mol. The highest BCUT2D eigenvalue weighted by molar-refractivity contribution is 6.30. The lowest BCUT2D eigenvalue weighted by atomic mass is 9.95. The Balaban J connectivity index is 1.32. The Labute approximate surface area is 230 Å². The lowest BCUT2D eigenvalue weighted by Gasteiger charge is -2.37. The van der Waals surface area contributed by atoms with Crippen molar-refractivity contribution >= 4 is 34.8 Å². The van der Waals surface area contributed by atoms with E-state index in [0.29, 0.717) is 21.8 Å². The van der Waals surface area contributed by atoms with Crippen LogP contribution < -0.4 is 15.5 Å². The minimum atomic E-state index is -0.234. The van der Waals surface area contributed by atoms with Crippen LogP contribution in [0.2, 0.25) is 5.02 Å². The standard InChI is InChI=1S/C31H35ClN4O2/c32-25-13-11-24(12-14-25)30(37)34-27-15-16-29(28(21-27)31(38)33-26-9-5-2-6-10-26)36-19-17-35(18-20-36)22-23-7-3-1-4-8-23/h1,3-4,7-8,11-16,21,26H,2,5-6,9-10,17-20,22H2,(H,33,38)(H,34,37). The Bertz CT molecular complexity index is 1230. The zero-order valence-corrected chi connectivity index (χ0v) is 22.4. The molecule has 2 N–H and O–H groups in total. The van der Waals surface area contributed by atoms with E-state index in [-0.39, 0.29) is 17.9 Å². The highest BCUT2D eigenvalue weighted by atomic mass is 35.5. The van der Waals surface area contributed by atoms with Crippen LogP contribution in [0, 0.1) is 0 Å². The zero-order valence-electron chi connectivity index (χ0n) is 21.7. The van der Waals surface area contributed by atoms with Crippen molar-refractivity contribution in [2.24, 2.45) is 0 Å². The van der Waals surface area contributed by atoms with Gasteiger partial charge in [-0.05, 0) is 60.9 Å². The highest BCUT2D eigenvalue weighted by Crippen LogP contribution is 2.28. The van der Waals surface area contributed by atoms with Gasteiger partial charge >= 0.3 is 0 Å². The highest BCUT2D eigenvalue weighted by Gasteiger charge is 2.24. The van der Waals surface area contributed by atoms with Gasteiger partial charge < -0.3 is 15.5 Å². The summed E-state index contributed by atoms with van der Waals surface area (Å²) in [6.07, 6.45) is 5.58. The van der Waals surface area contributed by atoms with Gasteiger partial charge in [-0.3, -0.25) is 14.5 Å². The summed E-state index contributed by atoms with van der Waals surface area (Å²) in [5.41, 5.74) is 3.96. The summed E-state index contributed by atoms with van der Waals surface area (Å²) in [4.78, 5) is 31.1. The normalized spacial score (nSPS) is 16.7. The third-order valence-corrected chi connectivity index (χ3v) is 7.76. The van der Waals surface area contributed by atoms with Crippen LogP contribution in [0.1, 0.15) is 58.4 Å². The Morgan fingerprint density at radius 2 is 1.53 bits per heavy atom. The van der Waals surface area contributed by atoms with E-state index in [1.165, 1.54) is 12.0 Å². The second-order valence-electron chi connectivity index (χ2n) is 10.3. The molecule has 0 unspecified atom stereocenters. The van der Waals surface area contributed by atoms with E-state index in [0.717, 1.165) is 64.1 Å². The summed E-state index contributed by atoms with van der Waals surface area (Å²) in [6.45, 7) is 4.46. The van der Waals surface area contributed by atoms with Crippen molar-refractivity contribution in [2.45, 2.75) is 44.7 Å². The van der Waals surface area contributed by atoms with Gasteiger partial charge in [-0.1, -0.05) is 61.2 Å². The summed E-state index contributed by atoms with van der Waals surface area (Å²) in [5, 5.41) is 6.80. The number of rotatable bonds is 7. The van der Waals surface area contributed by atoms with Crippen LogP contribution in [0.4, 0.5) is 11.4 Å². The van der Waals surface area contributed by atoms with E-state index in [4.69, 9.17) is 11.6 Å². The first-order chi connectivity index (χ1) is 18.5. The third kappa shape index (κ3) is 6.74. The van der Waals surface area contributed by atoms with Gasteiger partial charge in [0.1, 0.15) is 0 Å². The largest absolute Gasteiger partial charge is 0.368 e. The number of benzene rings is 3. The van der Waals surface area contributed by atoms with Gasteiger partial charge in [-0.25, -0.2) is 0 Å². The molecule has 0 radical (unpaired) electrons. The molecule has 1 saturated heterocycles. The van der Waals surface area contributed by atoms with E-state index in [1.807, 2.05) is 24.3 Å². The number of carbonyl (C=O) groups is 2. The molecule has 3 aromatic carbocycles. The molecule has 1 heterocycles. The van der Waals surface area contributed by atoms with Gasteiger partial charge in [-0.2, -0.15) is 0 Å². The van der Waals surface area contributed by atoms with Crippen molar-refractivity contribution in [3.8, 4) is 0 Å². The van der Waals surface area contributed by atoms with Gasteiger partial charge in [0, 0.05) is 60.7 Å². The minimum Gasteiger partial charge on any atom is -0.368 e. The molecule has 1 aliphatic heterocycles. The average Bonchev–Trinajstić information content (AvgIpc) is 2.95. The quantitative estimate of drug-likeness (QED) is 0.394. The van der Waals surface area contributed by atoms with Crippen LogP contribution in [0.15, 0.2) is 72.8 Å². The number of carbonyl (C=O) groups excluding carboxylic acids is 2. The first kappa shape index (κ1) is 26.3. The van der Waals surface area contributed by atoms with Crippen LogP contribution in [-0.2, 0) is 6.54 Å².